The number of hydrogen-bond donors (Lipinski definition) is 4. The maximum absolute atomic E-state index is 13.2. The molecule has 0 spiro atoms. The molecule has 2 fully saturated rings. The number of aliphatic hydroxyl groups is 1. The van der Waals surface area contributed by atoms with Crippen molar-refractivity contribution in [2.24, 2.45) is 0 Å². The molecule has 0 aliphatic heterocycles. The molecular weight excluding hydrogens is 402 g/mol. The zero-order valence-electron chi connectivity index (χ0n) is 18.3. The number of hydrogen-bond acceptors (Lipinski definition) is 5. The van der Waals surface area contributed by atoms with Crippen LogP contribution in [-0.4, -0.2) is 40.9 Å². The van der Waals surface area contributed by atoms with Crippen LogP contribution in [0.25, 0.3) is 0 Å². The average molecular weight is 434 g/mol. The Hall–Kier alpha value is -2.88. The number of rotatable bonds is 9. The second kappa shape index (κ2) is 9.72. The SMILES string of the molecule is N#CC1(c2cc(O)cc(C(=O)NC(Cc3ccccc3)C(O)CNC3CC3)c2)CCCC1. The molecule has 2 saturated carbocycles. The molecule has 6 heteroatoms. The number of carbonyl (C=O) groups is 1. The zero-order valence-corrected chi connectivity index (χ0v) is 18.3. The van der Waals surface area contributed by atoms with E-state index < -0.39 is 17.6 Å². The van der Waals surface area contributed by atoms with E-state index in [1.807, 2.05) is 30.3 Å². The highest BCUT2D eigenvalue weighted by molar-refractivity contribution is 5.95. The molecule has 32 heavy (non-hydrogen) atoms. The summed E-state index contributed by atoms with van der Waals surface area (Å²) >= 11 is 0. The van der Waals surface area contributed by atoms with Crippen LogP contribution in [0.5, 0.6) is 5.75 Å². The van der Waals surface area contributed by atoms with Gasteiger partial charge in [0, 0.05) is 18.2 Å². The second-order valence-electron chi connectivity index (χ2n) is 9.19. The molecule has 4 N–H and O–H groups in total. The van der Waals surface area contributed by atoms with Gasteiger partial charge in [0.05, 0.1) is 23.6 Å². The molecular formula is C26H31N3O3. The van der Waals surface area contributed by atoms with Gasteiger partial charge in [-0.2, -0.15) is 5.26 Å². The Kier molecular flexibility index (Phi) is 6.78. The minimum Gasteiger partial charge on any atom is -0.508 e. The van der Waals surface area contributed by atoms with E-state index in [9.17, 15) is 20.3 Å². The molecule has 2 aliphatic carbocycles. The molecule has 0 bridgehead atoms. The molecule has 2 aromatic carbocycles. The van der Waals surface area contributed by atoms with Crippen LogP contribution < -0.4 is 10.6 Å². The first-order chi connectivity index (χ1) is 15.5. The number of nitrogens with zero attached hydrogens (tertiary/aromatic N) is 1. The number of phenols is 1. The molecule has 2 atom stereocenters. The Balaban J connectivity index is 1.53. The van der Waals surface area contributed by atoms with E-state index in [0.717, 1.165) is 44.1 Å². The van der Waals surface area contributed by atoms with Crippen molar-refractivity contribution in [3.05, 3.63) is 65.2 Å². The van der Waals surface area contributed by atoms with Gasteiger partial charge in [0.15, 0.2) is 0 Å². The van der Waals surface area contributed by atoms with Crippen molar-refractivity contribution in [3.63, 3.8) is 0 Å². The Bertz CT molecular complexity index is 976. The normalized spacial score (nSPS) is 19.1. The zero-order chi connectivity index (χ0) is 22.6. The van der Waals surface area contributed by atoms with Crippen LogP contribution in [0.2, 0.25) is 0 Å². The molecule has 1 amide bonds. The minimum atomic E-state index is -0.753. The Labute approximate surface area is 189 Å². The number of phenolic OH excluding ortho intramolecular Hbond substituents is 1. The highest BCUT2D eigenvalue weighted by Crippen LogP contribution is 2.41. The quantitative estimate of drug-likeness (QED) is 0.486. The van der Waals surface area contributed by atoms with Gasteiger partial charge < -0.3 is 20.8 Å². The van der Waals surface area contributed by atoms with E-state index in [1.54, 1.807) is 12.1 Å². The van der Waals surface area contributed by atoms with Gasteiger partial charge in [-0.3, -0.25) is 4.79 Å². The number of benzene rings is 2. The van der Waals surface area contributed by atoms with E-state index in [2.05, 4.69) is 16.7 Å². The summed E-state index contributed by atoms with van der Waals surface area (Å²) in [6.45, 7) is 0.408. The van der Waals surface area contributed by atoms with Gasteiger partial charge in [0.2, 0.25) is 0 Å². The standard InChI is InChI=1S/C26H31N3O3/c27-17-26(10-4-5-11-26)20-13-19(14-22(30)15-20)25(32)29-23(12-18-6-2-1-3-7-18)24(31)16-28-21-8-9-21/h1-3,6-7,13-15,21,23-24,28,30-31H,4-5,8-12,16H2,(H,29,32). The molecule has 0 radical (unpaired) electrons. The maximum Gasteiger partial charge on any atom is 0.251 e. The summed E-state index contributed by atoms with van der Waals surface area (Å²) in [7, 11) is 0. The first-order valence-electron chi connectivity index (χ1n) is 11.5. The lowest BCUT2D eigenvalue weighted by molar-refractivity contribution is 0.0829. The highest BCUT2D eigenvalue weighted by atomic mass is 16.3. The number of amides is 1. The van der Waals surface area contributed by atoms with Crippen molar-refractivity contribution in [3.8, 4) is 11.8 Å². The molecule has 2 aliphatic rings. The van der Waals surface area contributed by atoms with Gasteiger partial charge in [0.1, 0.15) is 5.75 Å². The lowest BCUT2D eigenvalue weighted by Crippen LogP contribution is -2.49. The number of nitriles is 1. The van der Waals surface area contributed by atoms with Gasteiger partial charge >= 0.3 is 0 Å². The molecule has 0 saturated heterocycles. The molecule has 0 heterocycles. The fourth-order valence-corrected chi connectivity index (χ4v) is 4.58. The van der Waals surface area contributed by atoms with E-state index in [-0.39, 0.29) is 11.7 Å². The van der Waals surface area contributed by atoms with Gasteiger partial charge in [0.25, 0.3) is 5.91 Å². The molecule has 4 rings (SSSR count). The van der Waals surface area contributed by atoms with Crippen molar-refractivity contribution in [1.29, 1.82) is 5.26 Å². The summed E-state index contributed by atoms with van der Waals surface area (Å²) in [4.78, 5) is 13.2. The van der Waals surface area contributed by atoms with Gasteiger partial charge in [-0.15, -0.1) is 0 Å². The molecule has 6 nitrogen and oxygen atoms in total. The minimum absolute atomic E-state index is 0.0234. The van der Waals surface area contributed by atoms with Crippen LogP contribution in [-0.2, 0) is 11.8 Å². The molecule has 0 aromatic heterocycles. The third-order valence-corrected chi connectivity index (χ3v) is 6.68. The highest BCUT2D eigenvalue weighted by Gasteiger charge is 2.36. The monoisotopic (exact) mass is 433 g/mol. The summed E-state index contributed by atoms with van der Waals surface area (Å²) in [6.07, 6.45) is 5.37. The van der Waals surface area contributed by atoms with Crippen molar-refractivity contribution in [2.75, 3.05) is 6.54 Å². The van der Waals surface area contributed by atoms with Crippen LogP contribution in [0.15, 0.2) is 48.5 Å². The molecule has 2 unspecified atom stereocenters. The Morgan fingerprint density at radius 1 is 1.16 bits per heavy atom. The van der Waals surface area contributed by atoms with E-state index in [4.69, 9.17) is 0 Å². The summed E-state index contributed by atoms with van der Waals surface area (Å²) in [6, 6.07) is 16.9. The molecule has 168 valence electrons. The van der Waals surface area contributed by atoms with E-state index in [0.29, 0.717) is 30.1 Å². The van der Waals surface area contributed by atoms with Crippen molar-refractivity contribution >= 4 is 5.91 Å². The van der Waals surface area contributed by atoms with Gasteiger partial charge in [-0.1, -0.05) is 43.2 Å². The third-order valence-electron chi connectivity index (χ3n) is 6.68. The molecule has 2 aromatic rings. The van der Waals surface area contributed by atoms with Crippen LogP contribution in [0.3, 0.4) is 0 Å². The third kappa shape index (κ3) is 5.29. The second-order valence-corrected chi connectivity index (χ2v) is 9.19. The topological polar surface area (TPSA) is 105 Å². The first-order valence-corrected chi connectivity index (χ1v) is 11.5. The van der Waals surface area contributed by atoms with E-state index >= 15 is 0 Å². The van der Waals surface area contributed by atoms with Crippen molar-refractivity contribution < 1.29 is 15.0 Å². The predicted octanol–water partition coefficient (Wildman–Crippen LogP) is 3.18. The number of carbonyl (C=O) groups excluding carboxylic acids is 1. The smallest absolute Gasteiger partial charge is 0.251 e. The average Bonchev–Trinajstić information content (AvgIpc) is 3.51. The number of nitrogens with one attached hydrogen (secondary N) is 2. The Morgan fingerprint density at radius 3 is 2.53 bits per heavy atom. The lowest BCUT2D eigenvalue weighted by atomic mass is 9.79. The summed E-state index contributed by atoms with van der Waals surface area (Å²) < 4.78 is 0. The fourth-order valence-electron chi connectivity index (χ4n) is 4.58. The maximum atomic E-state index is 13.2. The van der Waals surface area contributed by atoms with Crippen LogP contribution in [0, 0.1) is 11.3 Å². The summed E-state index contributed by atoms with van der Waals surface area (Å²) in [5.41, 5.74) is 1.37. The Morgan fingerprint density at radius 2 is 1.88 bits per heavy atom. The van der Waals surface area contributed by atoms with Gasteiger partial charge in [-0.25, -0.2) is 0 Å². The summed E-state index contributed by atoms with van der Waals surface area (Å²) in [5.74, 6) is -0.385. The van der Waals surface area contributed by atoms with Crippen LogP contribution in [0.1, 0.15) is 60.0 Å². The lowest BCUT2D eigenvalue weighted by Gasteiger charge is -2.26. The van der Waals surface area contributed by atoms with E-state index in [1.165, 1.54) is 6.07 Å². The van der Waals surface area contributed by atoms with Crippen LogP contribution >= 0.6 is 0 Å². The first kappa shape index (κ1) is 22.3. The van der Waals surface area contributed by atoms with Crippen molar-refractivity contribution in [2.45, 2.75) is 68.5 Å². The van der Waals surface area contributed by atoms with Crippen molar-refractivity contribution in [1.82, 2.24) is 10.6 Å². The summed E-state index contributed by atoms with van der Waals surface area (Å²) in [5, 5.41) is 37.2. The predicted molar refractivity (Wildman–Crippen MR) is 122 cm³/mol. The number of aliphatic hydroxyl groups excluding tert-OH is 1. The largest absolute Gasteiger partial charge is 0.508 e. The van der Waals surface area contributed by atoms with Crippen LogP contribution in [0.4, 0.5) is 0 Å². The fraction of sp³-hybridized carbons (Fsp3) is 0.462. The van der Waals surface area contributed by atoms with Gasteiger partial charge in [-0.05, 0) is 61.4 Å². The number of aromatic hydroxyl groups is 1.